The number of isocyanates is 1. The third-order valence-electron chi connectivity index (χ3n) is 1.44. The van der Waals surface area contributed by atoms with Crippen molar-refractivity contribution in [1.29, 1.82) is 0 Å². The average molecular weight is 201 g/mol. The van der Waals surface area contributed by atoms with E-state index in [9.17, 15) is 9.59 Å². The predicted molar refractivity (Wildman–Crippen MR) is 51.9 cm³/mol. The van der Waals surface area contributed by atoms with Crippen LogP contribution in [0.25, 0.3) is 0 Å². The van der Waals surface area contributed by atoms with Gasteiger partial charge in [0.1, 0.15) is 0 Å². The van der Waals surface area contributed by atoms with Crippen LogP contribution in [0.15, 0.2) is 4.99 Å². The van der Waals surface area contributed by atoms with Crippen LogP contribution < -0.4 is 0 Å². The van der Waals surface area contributed by atoms with E-state index in [0.29, 0.717) is 6.54 Å². The van der Waals surface area contributed by atoms with Gasteiger partial charge in [-0.3, -0.25) is 4.79 Å². The Bertz CT molecular complexity index is 200. The topological polar surface area (TPSA) is 55.7 Å². The fourth-order valence-corrected chi connectivity index (χ4v) is 1.78. The summed E-state index contributed by atoms with van der Waals surface area (Å²) in [4.78, 5) is 24.0. The highest BCUT2D eigenvalue weighted by molar-refractivity contribution is 6.30. The molecule has 13 heavy (non-hydrogen) atoms. The van der Waals surface area contributed by atoms with E-state index >= 15 is 0 Å². The summed E-state index contributed by atoms with van der Waals surface area (Å²) in [7, 11) is -0.746. The van der Waals surface area contributed by atoms with Gasteiger partial charge in [-0.05, 0) is 12.5 Å². The quantitative estimate of drug-likeness (QED) is 0.271. The first-order valence-corrected chi connectivity index (χ1v) is 5.96. The van der Waals surface area contributed by atoms with Crippen LogP contribution in [0.5, 0.6) is 0 Å². The van der Waals surface area contributed by atoms with Crippen molar-refractivity contribution >= 4 is 21.8 Å². The maximum absolute atomic E-state index is 11.0. The standard InChI is InChI=1S/C8H15NO3Si/c1-7(2)8(11)12-13-5-3-4-9-6-10/h7H,3-5,13H2,1-2H3. The summed E-state index contributed by atoms with van der Waals surface area (Å²) < 4.78 is 5.04. The van der Waals surface area contributed by atoms with Crippen molar-refractivity contribution in [2.24, 2.45) is 10.9 Å². The van der Waals surface area contributed by atoms with Crippen molar-refractivity contribution in [3.63, 3.8) is 0 Å². The molecular formula is C8H15NO3Si. The van der Waals surface area contributed by atoms with Gasteiger partial charge < -0.3 is 4.43 Å². The molecule has 0 fully saturated rings. The van der Waals surface area contributed by atoms with Gasteiger partial charge >= 0.3 is 0 Å². The third kappa shape index (κ3) is 7.43. The lowest BCUT2D eigenvalue weighted by atomic mass is 10.2. The summed E-state index contributed by atoms with van der Waals surface area (Å²) in [6, 6.07) is 0.879. The summed E-state index contributed by atoms with van der Waals surface area (Å²) in [5.74, 6) is -0.161. The molecule has 74 valence electrons. The second kappa shape index (κ2) is 7.70. The van der Waals surface area contributed by atoms with Gasteiger partial charge in [-0.25, -0.2) is 9.79 Å². The molecule has 0 saturated heterocycles. The zero-order valence-corrected chi connectivity index (χ0v) is 9.49. The number of rotatable bonds is 6. The molecule has 0 aromatic carbocycles. The van der Waals surface area contributed by atoms with Crippen molar-refractivity contribution in [1.82, 2.24) is 0 Å². The zero-order chi connectivity index (χ0) is 10.1. The Morgan fingerprint density at radius 2 is 2.31 bits per heavy atom. The molecule has 0 rings (SSSR count). The largest absolute Gasteiger partial charge is 0.525 e. The SMILES string of the molecule is CC(C)C(=O)O[SiH2]CCCN=C=O. The third-order valence-corrected chi connectivity index (χ3v) is 2.72. The molecule has 0 aliphatic rings. The molecule has 0 aliphatic carbocycles. The summed E-state index contributed by atoms with van der Waals surface area (Å²) in [5, 5.41) is 0. The van der Waals surface area contributed by atoms with Crippen LogP contribution in [0.3, 0.4) is 0 Å². The lowest BCUT2D eigenvalue weighted by Crippen LogP contribution is -2.14. The van der Waals surface area contributed by atoms with Crippen LogP contribution in [-0.4, -0.2) is 28.4 Å². The second-order valence-electron chi connectivity index (χ2n) is 3.00. The van der Waals surface area contributed by atoms with Gasteiger partial charge in [-0.2, -0.15) is 0 Å². The fraction of sp³-hybridized carbons (Fsp3) is 0.750. The highest BCUT2D eigenvalue weighted by Gasteiger charge is 2.06. The molecule has 4 nitrogen and oxygen atoms in total. The van der Waals surface area contributed by atoms with E-state index in [2.05, 4.69) is 4.99 Å². The first-order valence-electron chi connectivity index (χ1n) is 4.38. The number of hydrogen-bond donors (Lipinski definition) is 0. The van der Waals surface area contributed by atoms with Crippen LogP contribution in [0.4, 0.5) is 0 Å². The molecule has 0 atom stereocenters. The molecule has 0 N–H and O–H groups in total. The first kappa shape index (κ1) is 12.1. The molecule has 0 spiro atoms. The molecule has 0 aliphatic heterocycles. The predicted octanol–water partition coefficient (Wildman–Crippen LogP) is 0.414. The smallest absolute Gasteiger partial charge is 0.294 e. The van der Waals surface area contributed by atoms with Gasteiger partial charge in [0.15, 0.2) is 0 Å². The molecule has 0 heterocycles. The Balaban J connectivity index is 3.25. The van der Waals surface area contributed by atoms with Crippen molar-refractivity contribution < 1.29 is 14.0 Å². The highest BCUT2D eigenvalue weighted by atomic mass is 28.2. The monoisotopic (exact) mass is 201 g/mol. The number of hydrogen-bond acceptors (Lipinski definition) is 4. The Labute approximate surface area is 80.3 Å². The minimum absolute atomic E-state index is 0.0412. The maximum Gasteiger partial charge on any atom is 0.294 e. The molecule has 0 aromatic heterocycles. The average Bonchev–Trinajstić information content (AvgIpc) is 2.10. The lowest BCUT2D eigenvalue weighted by Gasteiger charge is -2.05. The fourth-order valence-electron chi connectivity index (χ4n) is 0.678. The second-order valence-corrected chi connectivity index (χ2v) is 4.41. The Hall–Kier alpha value is -0.933. The molecule has 0 amide bonds. The van der Waals surface area contributed by atoms with Crippen molar-refractivity contribution in [3.05, 3.63) is 0 Å². The minimum atomic E-state index is -0.746. The van der Waals surface area contributed by atoms with E-state index < -0.39 is 9.76 Å². The molecule has 0 radical (unpaired) electrons. The van der Waals surface area contributed by atoms with Crippen LogP contribution in [-0.2, 0) is 14.0 Å². The van der Waals surface area contributed by atoms with Crippen LogP contribution in [0, 0.1) is 5.92 Å². The van der Waals surface area contributed by atoms with Gasteiger partial charge in [-0.1, -0.05) is 13.8 Å². The van der Waals surface area contributed by atoms with E-state index in [4.69, 9.17) is 4.43 Å². The van der Waals surface area contributed by atoms with Crippen LogP contribution in [0.1, 0.15) is 20.3 Å². The molecule has 0 aromatic rings. The molecular weight excluding hydrogens is 186 g/mol. The Morgan fingerprint density at radius 1 is 1.62 bits per heavy atom. The summed E-state index contributed by atoms with van der Waals surface area (Å²) in [6.45, 7) is 4.12. The van der Waals surface area contributed by atoms with Crippen molar-refractivity contribution in [3.8, 4) is 0 Å². The van der Waals surface area contributed by atoms with Crippen molar-refractivity contribution in [2.75, 3.05) is 6.54 Å². The van der Waals surface area contributed by atoms with Crippen LogP contribution >= 0.6 is 0 Å². The minimum Gasteiger partial charge on any atom is -0.525 e. The molecule has 0 unspecified atom stereocenters. The van der Waals surface area contributed by atoms with E-state index in [1.54, 1.807) is 0 Å². The van der Waals surface area contributed by atoms with Gasteiger partial charge in [-0.15, -0.1) is 0 Å². The van der Waals surface area contributed by atoms with Gasteiger partial charge in [0.25, 0.3) is 5.97 Å². The first-order chi connectivity index (χ1) is 6.18. The highest BCUT2D eigenvalue weighted by Crippen LogP contribution is 1.97. The zero-order valence-electron chi connectivity index (χ0n) is 8.08. The lowest BCUT2D eigenvalue weighted by molar-refractivity contribution is -0.137. The van der Waals surface area contributed by atoms with Gasteiger partial charge in [0, 0.05) is 5.92 Å². The Morgan fingerprint density at radius 3 is 2.85 bits per heavy atom. The van der Waals surface area contributed by atoms with E-state index in [-0.39, 0.29) is 11.9 Å². The number of carbonyl (C=O) groups is 1. The molecule has 0 saturated carbocycles. The van der Waals surface area contributed by atoms with E-state index in [0.717, 1.165) is 12.5 Å². The number of nitrogens with zero attached hydrogens (tertiary/aromatic N) is 1. The molecule has 5 heteroatoms. The van der Waals surface area contributed by atoms with E-state index in [1.807, 2.05) is 13.8 Å². The maximum atomic E-state index is 11.0. The van der Waals surface area contributed by atoms with Crippen LogP contribution in [0.2, 0.25) is 6.04 Å². The van der Waals surface area contributed by atoms with Gasteiger partial charge in [0.2, 0.25) is 15.8 Å². The molecule has 0 bridgehead atoms. The normalized spacial score (nSPS) is 10.4. The number of aliphatic imine (C=N–C) groups is 1. The summed E-state index contributed by atoms with van der Waals surface area (Å²) in [6.07, 6.45) is 2.28. The number of carbonyl (C=O) groups excluding carboxylic acids is 2. The van der Waals surface area contributed by atoms with Crippen molar-refractivity contribution in [2.45, 2.75) is 26.3 Å². The summed E-state index contributed by atoms with van der Waals surface area (Å²) >= 11 is 0. The summed E-state index contributed by atoms with van der Waals surface area (Å²) in [5.41, 5.74) is 0. The Kier molecular flexibility index (Phi) is 7.15. The van der Waals surface area contributed by atoms with Gasteiger partial charge in [0.05, 0.1) is 6.54 Å². The van der Waals surface area contributed by atoms with E-state index in [1.165, 1.54) is 6.08 Å².